The topological polar surface area (TPSA) is 193 Å². The van der Waals surface area contributed by atoms with E-state index < -0.39 is 48.6 Å². The number of aliphatic hydroxyl groups is 1. The summed E-state index contributed by atoms with van der Waals surface area (Å²) in [6, 6.07) is 9.25. The van der Waals surface area contributed by atoms with Crippen LogP contribution >= 0.6 is 0 Å². The SMILES string of the molecule is O=C(O)C(CO)NC(=O)C(Cc1ccc(O)cc1)NC(=O)C(Cc1c[nH]c2ccccc12)NC(=O)C1CCCN1. The first-order chi connectivity index (χ1) is 19.2. The minimum absolute atomic E-state index is 0.0158. The van der Waals surface area contributed by atoms with Gasteiger partial charge >= 0.3 is 5.97 Å². The van der Waals surface area contributed by atoms with Gasteiger partial charge in [0, 0.05) is 29.9 Å². The lowest BCUT2D eigenvalue weighted by molar-refractivity contribution is -0.143. The number of phenolic OH excluding ortho intramolecular Hbond substituents is 1. The highest BCUT2D eigenvalue weighted by Crippen LogP contribution is 2.20. The second kappa shape index (κ2) is 13.1. The van der Waals surface area contributed by atoms with Crippen molar-refractivity contribution in [3.05, 3.63) is 65.9 Å². The van der Waals surface area contributed by atoms with Gasteiger partial charge in [0.05, 0.1) is 12.6 Å². The normalized spacial score (nSPS) is 17.1. The van der Waals surface area contributed by atoms with Crippen LogP contribution in [-0.4, -0.2) is 81.3 Å². The van der Waals surface area contributed by atoms with Gasteiger partial charge in [0.15, 0.2) is 0 Å². The molecular formula is C28H33N5O7. The minimum atomic E-state index is -1.57. The number of aliphatic carboxylic acids is 1. The molecule has 4 rings (SSSR count). The van der Waals surface area contributed by atoms with E-state index in [4.69, 9.17) is 0 Å². The number of H-pyrrole nitrogens is 1. The molecule has 40 heavy (non-hydrogen) atoms. The van der Waals surface area contributed by atoms with E-state index in [0.29, 0.717) is 18.5 Å². The molecule has 1 aromatic heterocycles. The minimum Gasteiger partial charge on any atom is -0.508 e. The summed E-state index contributed by atoms with van der Waals surface area (Å²) in [5.41, 5.74) is 2.25. The molecule has 12 nitrogen and oxygen atoms in total. The fourth-order valence-corrected chi connectivity index (χ4v) is 4.72. The standard InChI is InChI=1S/C28H33N5O7/c34-15-24(28(39)40)33-26(37)22(12-16-7-9-18(35)10-8-16)31-27(38)23(32-25(36)21-6-3-11-29-21)13-17-14-30-20-5-2-1-4-19(17)20/h1-2,4-5,7-10,14,21-24,29-30,34-35H,3,6,11-13,15H2,(H,31,38)(H,32,36)(H,33,37)(H,39,40). The van der Waals surface area contributed by atoms with Crippen molar-refractivity contribution in [2.45, 2.75) is 49.9 Å². The molecule has 8 N–H and O–H groups in total. The molecule has 2 heterocycles. The van der Waals surface area contributed by atoms with Gasteiger partial charge in [-0.3, -0.25) is 14.4 Å². The lowest BCUT2D eigenvalue weighted by atomic mass is 10.0. The summed E-state index contributed by atoms with van der Waals surface area (Å²) in [4.78, 5) is 54.3. The monoisotopic (exact) mass is 551 g/mol. The highest BCUT2D eigenvalue weighted by atomic mass is 16.4. The molecule has 212 valence electrons. The number of aromatic amines is 1. The van der Waals surface area contributed by atoms with Crippen molar-refractivity contribution in [2.75, 3.05) is 13.2 Å². The maximum atomic E-state index is 13.7. The average Bonchev–Trinajstić information content (AvgIpc) is 3.63. The van der Waals surface area contributed by atoms with Gasteiger partial charge in [-0.25, -0.2) is 4.79 Å². The Bertz CT molecular complexity index is 1350. The molecule has 0 aliphatic carbocycles. The van der Waals surface area contributed by atoms with Crippen molar-refractivity contribution in [3.63, 3.8) is 0 Å². The summed E-state index contributed by atoms with van der Waals surface area (Å²) in [6.07, 6.45) is 3.34. The molecule has 0 radical (unpaired) electrons. The maximum Gasteiger partial charge on any atom is 0.328 e. The van der Waals surface area contributed by atoms with Crippen LogP contribution in [0, 0.1) is 0 Å². The van der Waals surface area contributed by atoms with E-state index in [2.05, 4.69) is 26.3 Å². The number of nitrogens with one attached hydrogen (secondary N) is 5. The molecule has 4 unspecified atom stereocenters. The van der Waals surface area contributed by atoms with Crippen molar-refractivity contribution in [2.24, 2.45) is 0 Å². The Morgan fingerprint density at radius 2 is 1.57 bits per heavy atom. The van der Waals surface area contributed by atoms with Crippen molar-refractivity contribution < 1.29 is 34.5 Å². The number of aromatic hydroxyl groups is 1. The molecule has 12 heteroatoms. The van der Waals surface area contributed by atoms with Gasteiger partial charge in [0.25, 0.3) is 0 Å². The second-order valence-electron chi connectivity index (χ2n) is 9.79. The first kappa shape index (κ1) is 28.6. The summed E-state index contributed by atoms with van der Waals surface area (Å²) in [6.45, 7) is -0.142. The summed E-state index contributed by atoms with van der Waals surface area (Å²) < 4.78 is 0. The lowest BCUT2D eigenvalue weighted by Crippen LogP contribution is -2.58. The molecule has 1 aliphatic rings. The summed E-state index contributed by atoms with van der Waals surface area (Å²) in [5.74, 6) is -3.20. The fraction of sp³-hybridized carbons (Fsp3) is 0.357. The van der Waals surface area contributed by atoms with Crippen LogP contribution in [-0.2, 0) is 32.0 Å². The first-order valence-corrected chi connectivity index (χ1v) is 13.1. The van der Waals surface area contributed by atoms with Gasteiger partial charge in [0.1, 0.15) is 23.9 Å². The zero-order valence-electron chi connectivity index (χ0n) is 21.7. The Hall–Kier alpha value is -4.42. The smallest absolute Gasteiger partial charge is 0.328 e. The molecule has 1 fully saturated rings. The Morgan fingerprint density at radius 1 is 0.900 bits per heavy atom. The molecular weight excluding hydrogens is 518 g/mol. The van der Waals surface area contributed by atoms with E-state index in [1.165, 1.54) is 12.1 Å². The number of aliphatic hydroxyl groups excluding tert-OH is 1. The van der Waals surface area contributed by atoms with Crippen LogP contribution in [0.2, 0.25) is 0 Å². The summed E-state index contributed by atoms with van der Waals surface area (Å²) in [5, 5.41) is 40.0. The highest BCUT2D eigenvalue weighted by molar-refractivity contribution is 5.95. The van der Waals surface area contributed by atoms with Crippen LogP contribution in [0.3, 0.4) is 0 Å². The molecule has 0 bridgehead atoms. The van der Waals surface area contributed by atoms with E-state index in [-0.39, 0.29) is 24.5 Å². The number of carboxylic acid groups (broad SMARTS) is 1. The van der Waals surface area contributed by atoms with E-state index in [1.54, 1.807) is 18.3 Å². The molecule has 0 spiro atoms. The molecule has 4 atom stereocenters. The Morgan fingerprint density at radius 3 is 2.23 bits per heavy atom. The number of hydrogen-bond acceptors (Lipinski definition) is 7. The first-order valence-electron chi connectivity index (χ1n) is 13.1. The molecule has 0 saturated carbocycles. The number of phenols is 1. The Labute approximate surface area is 230 Å². The summed E-state index contributed by atoms with van der Waals surface area (Å²) >= 11 is 0. The fourth-order valence-electron chi connectivity index (χ4n) is 4.72. The number of carbonyl (C=O) groups excluding carboxylic acids is 3. The number of amides is 3. The third-order valence-corrected chi connectivity index (χ3v) is 6.92. The van der Waals surface area contributed by atoms with Crippen LogP contribution in [0.25, 0.3) is 10.9 Å². The number of para-hydroxylation sites is 1. The van der Waals surface area contributed by atoms with E-state index >= 15 is 0 Å². The quantitative estimate of drug-likeness (QED) is 0.153. The number of aromatic nitrogens is 1. The van der Waals surface area contributed by atoms with Crippen molar-refractivity contribution in [1.29, 1.82) is 0 Å². The zero-order chi connectivity index (χ0) is 28.6. The van der Waals surface area contributed by atoms with E-state index in [0.717, 1.165) is 22.9 Å². The molecule has 3 amide bonds. The van der Waals surface area contributed by atoms with Gasteiger partial charge in [-0.15, -0.1) is 0 Å². The van der Waals surface area contributed by atoms with E-state index in [9.17, 15) is 34.5 Å². The molecule has 2 aromatic carbocycles. The number of benzene rings is 2. The van der Waals surface area contributed by atoms with Gasteiger partial charge in [-0.2, -0.15) is 0 Å². The molecule has 1 aliphatic heterocycles. The average molecular weight is 552 g/mol. The van der Waals surface area contributed by atoms with Crippen molar-refractivity contribution in [3.8, 4) is 5.75 Å². The van der Waals surface area contributed by atoms with Crippen molar-refractivity contribution >= 4 is 34.6 Å². The van der Waals surface area contributed by atoms with Crippen LogP contribution in [0.4, 0.5) is 0 Å². The molecule has 1 saturated heterocycles. The van der Waals surface area contributed by atoms with Crippen molar-refractivity contribution in [1.82, 2.24) is 26.3 Å². The number of carboxylic acids is 1. The third kappa shape index (κ3) is 7.16. The predicted octanol–water partition coefficient (Wildman–Crippen LogP) is -0.0580. The van der Waals surface area contributed by atoms with Gasteiger partial charge in [0.2, 0.25) is 17.7 Å². The third-order valence-electron chi connectivity index (χ3n) is 6.92. The highest BCUT2D eigenvalue weighted by Gasteiger charge is 2.32. The molecule has 3 aromatic rings. The lowest BCUT2D eigenvalue weighted by Gasteiger charge is -2.25. The zero-order valence-corrected chi connectivity index (χ0v) is 21.7. The van der Waals surface area contributed by atoms with Crippen LogP contribution < -0.4 is 21.3 Å². The van der Waals surface area contributed by atoms with Crippen LogP contribution in [0.5, 0.6) is 5.75 Å². The van der Waals surface area contributed by atoms with Gasteiger partial charge in [-0.1, -0.05) is 30.3 Å². The predicted molar refractivity (Wildman–Crippen MR) is 145 cm³/mol. The second-order valence-corrected chi connectivity index (χ2v) is 9.79. The number of carbonyl (C=O) groups is 4. The Balaban J connectivity index is 1.58. The largest absolute Gasteiger partial charge is 0.508 e. The maximum absolute atomic E-state index is 13.7. The number of fused-ring (bicyclic) bond motifs is 1. The summed E-state index contributed by atoms with van der Waals surface area (Å²) in [7, 11) is 0. The van der Waals surface area contributed by atoms with Crippen LogP contribution in [0.1, 0.15) is 24.0 Å². The Kier molecular flexibility index (Phi) is 9.35. The van der Waals surface area contributed by atoms with Crippen LogP contribution in [0.15, 0.2) is 54.7 Å². The van der Waals surface area contributed by atoms with Gasteiger partial charge in [-0.05, 0) is 48.7 Å². The van der Waals surface area contributed by atoms with E-state index in [1.807, 2.05) is 24.3 Å². The number of rotatable bonds is 12. The van der Waals surface area contributed by atoms with Gasteiger partial charge < -0.3 is 41.6 Å². The number of hydrogen-bond donors (Lipinski definition) is 8.